The third kappa shape index (κ3) is 5.65. The summed E-state index contributed by atoms with van der Waals surface area (Å²) in [5, 5.41) is 11.9. The molecule has 32 heavy (non-hydrogen) atoms. The van der Waals surface area contributed by atoms with Gasteiger partial charge in [0, 0.05) is 29.4 Å². The van der Waals surface area contributed by atoms with Crippen LogP contribution in [0.15, 0.2) is 52.9 Å². The van der Waals surface area contributed by atoms with E-state index in [2.05, 4.69) is 15.5 Å². The van der Waals surface area contributed by atoms with Crippen LogP contribution in [-0.2, 0) is 10.5 Å². The quantitative estimate of drug-likeness (QED) is 0.383. The van der Waals surface area contributed by atoms with Gasteiger partial charge in [0.25, 0.3) is 5.91 Å². The maximum Gasteiger partial charge on any atom is 0.253 e. The summed E-state index contributed by atoms with van der Waals surface area (Å²) >= 11 is 8.51. The molecule has 1 fully saturated rings. The minimum atomic E-state index is -0.321. The van der Waals surface area contributed by atoms with Crippen LogP contribution in [-0.4, -0.2) is 40.0 Å². The minimum absolute atomic E-state index is 0.109. The number of nitrogens with one attached hydrogen (secondary N) is 1. The van der Waals surface area contributed by atoms with E-state index in [0.717, 1.165) is 6.42 Å². The highest BCUT2D eigenvalue weighted by molar-refractivity contribution is 8.00. The Bertz CT molecular complexity index is 1110. The fourth-order valence-electron chi connectivity index (χ4n) is 3.43. The summed E-state index contributed by atoms with van der Waals surface area (Å²) in [5.74, 6) is -0.437. The summed E-state index contributed by atoms with van der Waals surface area (Å²) in [4.78, 5) is 27.2. The molecule has 0 spiro atoms. The number of aromatic nitrogens is 2. The Hall–Kier alpha value is -2.49. The van der Waals surface area contributed by atoms with Crippen molar-refractivity contribution in [3.8, 4) is 0 Å². The van der Waals surface area contributed by atoms with Crippen molar-refractivity contribution >= 4 is 51.6 Å². The van der Waals surface area contributed by atoms with Gasteiger partial charge in [0.05, 0.1) is 5.92 Å². The van der Waals surface area contributed by atoms with Crippen LogP contribution >= 0.6 is 34.7 Å². The summed E-state index contributed by atoms with van der Waals surface area (Å²) < 4.78 is 14.4. The summed E-state index contributed by atoms with van der Waals surface area (Å²) in [6.07, 6.45) is 1.45. The highest BCUT2D eigenvalue weighted by Crippen LogP contribution is 2.30. The molecule has 6 nitrogen and oxygen atoms in total. The van der Waals surface area contributed by atoms with E-state index in [1.54, 1.807) is 47.4 Å². The molecule has 1 saturated heterocycles. The predicted octanol–water partition coefficient (Wildman–Crippen LogP) is 5.11. The molecule has 0 unspecified atom stereocenters. The molecule has 0 radical (unpaired) electrons. The van der Waals surface area contributed by atoms with Crippen molar-refractivity contribution < 1.29 is 14.0 Å². The van der Waals surface area contributed by atoms with Gasteiger partial charge in [-0.25, -0.2) is 4.39 Å². The van der Waals surface area contributed by atoms with Gasteiger partial charge in [0.2, 0.25) is 11.0 Å². The number of amides is 2. The number of halogens is 2. The van der Waals surface area contributed by atoms with Crippen LogP contribution in [0.1, 0.15) is 28.8 Å². The topological polar surface area (TPSA) is 75.2 Å². The van der Waals surface area contributed by atoms with Gasteiger partial charge in [0.1, 0.15) is 5.82 Å². The van der Waals surface area contributed by atoms with Crippen molar-refractivity contribution in [2.24, 2.45) is 5.92 Å². The van der Waals surface area contributed by atoms with E-state index >= 15 is 0 Å². The summed E-state index contributed by atoms with van der Waals surface area (Å²) in [5.41, 5.74) is 1.14. The number of nitrogens with zero attached hydrogens (tertiary/aromatic N) is 3. The van der Waals surface area contributed by atoms with E-state index in [1.165, 1.54) is 29.2 Å². The average Bonchev–Trinajstić information content (AvgIpc) is 3.26. The van der Waals surface area contributed by atoms with E-state index in [1.807, 2.05) is 0 Å². The first-order valence-electron chi connectivity index (χ1n) is 10.0. The van der Waals surface area contributed by atoms with Gasteiger partial charge < -0.3 is 10.2 Å². The molecular weight excluding hydrogens is 471 g/mol. The van der Waals surface area contributed by atoms with E-state index < -0.39 is 0 Å². The molecule has 2 amide bonds. The van der Waals surface area contributed by atoms with Gasteiger partial charge in [-0.2, -0.15) is 0 Å². The molecular formula is C22H20ClFN4O2S2. The fraction of sp³-hybridized carbons (Fsp3) is 0.273. The standard InChI is InChI=1S/C22H20ClFN4O2S2/c23-17-9-7-14(8-10-17)20(30)28-11-3-5-15(12-28)19(29)25-21-26-27-22(32-21)31-13-16-4-1-2-6-18(16)24/h1-2,4,6-10,15H,3,5,11-13H2,(H,25,26,29)/t15-/m1/s1. The summed E-state index contributed by atoms with van der Waals surface area (Å²) in [6.45, 7) is 0.960. The minimum Gasteiger partial charge on any atom is -0.338 e. The van der Waals surface area contributed by atoms with E-state index in [0.29, 0.717) is 50.9 Å². The van der Waals surface area contributed by atoms with E-state index in [9.17, 15) is 14.0 Å². The van der Waals surface area contributed by atoms with Crippen LogP contribution < -0.4 is 5.32 Å². The van der Waals surface area contributed by atoms with Crippen molar-refractivity contribution in [1.82, 2.24) is 15.1 Å². The van der Waals surface area contributed by atoms with Crippen LogP contribution in [0, 0.1) is 11.7 Å². The van der Waals surface area contributed by atoms with Crippen LogP contribution in [0.3, 0.4) is 0 Å². The lowest BCUT2D eigenvalue weighted by molar-refractivity contribution is -0.121. The SMILES string of the molecule is O=C(Nc1nnc(SCc2ccccc2F)s1)[C@@H]1CCCN(C(=O)c2ccc(Cl)cc2)C1. The average molecular weight is 491 g/mol. The molecule has 10 heteroatoms. The highest BCUT2D eigenvalue weighted by Gasteiger charge is 2.29. The highest BCUT2D eigenvalue weighted by atomic mass is 35.5. The zero-order valence-electron chi connectivity index (χ0n) is 17.0. The monoisotopic (exact) mass is 490 g/mol. The first-order valence-corrected chi connectivity index (χ1v) is 12.2. The number of thioether (sulfide) groups is 1. The van der Waals surface area contributed by atoms with Crippen molar-refractivity contribution in [2.45, 2.75) is 22.9 Å². The predicted molar refractivity (Wildman–Crippen MR) is 125 cm³/mol. The molecule has 0 bridgehead atoms. The van der Waals surface area contributed by atoms with Gasteiger partial charge >= 0.3 is 0 Å². The van der Waals surface area contributed by atoms with Gasteiger partial charge in [-0.1, -0.05) is 52.9 Å². The molecule has 1 aliphatic heterocycles. The van der Waals surface area contributed by atoms with Crippen LogP contribution in [0.4, 0.5) is 9.52 Å². The van der Waals surface area contributed by atoms with Crippen molar-refractivity contribution in [3.63, 3.8) is 0 Å². The Balaban J connectivity index is 1.32. The number of anilines is 1. The molecule has 3 aromatic rings. The number of likely N-dealkylation sites (tertiary alicyclic amines) is 1. The molecule has 1 aromatic heterocycles. The second kappa shape index (κ2) is 10.4. The lowest BCUT2D eigenvalue weighted by atomic mass is 9.96. The van der Waals surface area contributed by atoms with E-state index in [-0.39, 0.29) is 23.5 Å². The molecule has 1 N–H and O–H groups in total. The Morgan fingerprint density at radius 3 is 2.75 bits per heavy atom. The third-order valence-corrected chi connectivity index (χ3v) is 7.39. The number of hydrogen-bond donors (Lipinski definition) is 1. The maximum absolute atomic E-state index is 13.8. The number of carbonyl (C=O) groups excluding carboxylic acids is 2. The Morgan fingerprint density at radius 2 is 1.97 bits per heavy atom. The van der Waals surface area contributed by atoms with Crippen molar-refractivity contribution in [2.75, 3.05) is 18.4 Å². The Morgan fingerprint density at radius 1 is 1.19 bits per heavy atom. The van der Waals surface area contributed by atoms with Gasteiger partial charge in [0.15, 0.2) is 4.34 Å². The first-order chi connectivity index (χ1) is 15.5. The van der Waals surface area contributed by atoms with E-state index in [4.69, 9.17) is 11.6 Å². The molecule has 1 aliphatic rings. The zero-order chi connectivity index (χ0) is 22.5. The van der Waals surface area contributed by atoms with Crippen molar-refractivity contribution in [3.05, 3.63) is 70.5 Å². The molecule has 0 saturated carbocycles. The van der Waals surface area contributed by atoms with Crippen LogP contribution in [0.5, 0.6) is 0 Å². The molecule has 4 rings (SSSR count). The number of benzene rings is 2. The third-order valence-electron chi connectivity index (χ3n) is 5.12. The Labute approximate surface area is 198 Å². The molecule has 166 valence electrons. The first kappa shape index (κ1) is 22.7. The Kier molecular flexibility index (Phi) is 7.39. The van der Waals surface area contributed by atoms with Crippen molar-refractivity contribution in [1.29, 1.82) is 0 Å². The number of carbonyl (C=O) groups is 2. The maximum atomic E-state index is 13.8. The molecule has 1 atom stereocenters. The van der Waals surface area contributed by atoms with Gasteiger partial charge in [-0.05, 0) is 48.7 Å². The molecule has 0 aliphatic carbocycles. The molecule has 2 heterocycles. The number of hydrogen-bond acceptors (Lipinski definition) is 6. The summed E-state index contributed by atoms with van der Waals surface area (Å²) in [7, 11) is 0. The fourth-order valence-corrected chi connectivity index (χ4v) is 5.30. The van der Waals surface area contributed by atoms with Gasteiger partial charge in [-0.15, -0.1) is 10.2 Å². The zero-order valence-corrected chi connectivity index (χ0v) is 19.4. The van der Waals surface area contributed by atoms with Gasteiger partial charge in [-0.3, -0.25) is 9.59 Å². The summed E-state index contributed by atoms with van der Waals surface area (Å²) in [6, 6.07) is 13.3. The largest absolute Gasteiger partial charge is 0.338 e. The van der Waals surface area contributed by atoms with Crippen LogP contribution in [0.2, 0.25) is 5.02 Å². The second-order valence-corrected chi connectivity index (χ2v) is 9.98. The molecule has 2 aromatic carbocycles. The number of rotatable bonds is 6. The lowest BCUT2D eigenvalue weighted by Gasteiger charge is -2.32. The normalized spacial score (nSPS) is 16.1. The lowest BCUT2D eigenvalue weighted by Crippen LogP contribution is -2.43. The number of piperidine rings is 1. The smallest absolute Gasteiger partial charge is 0.253 e. The second-order valence-electron chi connectivity index (χ2n) is 7.34. The van der Waals surface area contributed by atoms with Crippen LogP contribution in [0.25, 0.3) is 0 Å².